The van der Waals surface area contributed by atoms with Crippen molar-refractivity contribution in [3.8, 4) is 5.75 Å². The van der Waals surface area contributed by atoms with Gasteiger partial charge in [0.2, 0.25) is 0 Å². The molecular formula is C16H19NO5. The quantitative estimate of drug-likeness (QED) is 0.859. The molecule has 0 bridgehead atoms. The second-order valence-electron chi connectivity index (χ2n) is 5.02. The van der Waals surface area contributed by atoms with Gasteiger partial charge < -0.3 is 19.1 Å². The number of hydrogen-bond acceptors (Lipinski definition) is 4. The van der Waals surface area contributed by atoms with Gasteiger partial charge in [-0.15, -0.1) is 0 Å². The largest absolute Gasteiger partial charge is 0.479 e. The SMILES string of the molecule is CCOC(=O)c1c(C)n(C)c2ccc(OC(C)C(=O)O)cc12. The third kappa shape index (κ3) is 2.77. The van der Waals surface area contributed by atoms with Gasteiger partial charge in [0, 0.05) is 23.6 Å². The molecule has 0 spiro atoms. The number of fused-ring (bicyclic) bond motifs is 1. The molecule has 6 heteroatoms. The maximum absolute atomic E-state index is 12.2. The molecule has 1 atom stereocenters. The Balaban J connectivity index is 2.52. The highest BCUT2D eigenvalue weighted by atomic mass is 16.5. The van der Waals surface area contributed by atoms with Crippen LogP contribution in [0.25, 0.3) is 10.9 Å². The molecule has 0 radical (unpaired) electrons. The van der Waals surface area contributed by atoms with Crippen molar-refractivity contribution in [2.45, 2.75) is 26.9 Å². The van der Waals surface area contributed by atoms with Gasteiger partial charge in [0.1, 0.15) is 5.75 Å². The summed E-state index contributed by atoms with van der Waals surface area (Å²) >= 11 is 0. The number of carbonyl (C=O) groups excluding carboxylic acids is 1. The van der Waals surface area contributed by atoms with E-state index in [1.807, 2.05) is 18.5 Å². The van der Waals surface area contributed by atoms with Crippen molar-refractivity contribution in [2.75, 3.05) is 6.61 Å². The zero-order valence-corrected chi connectivity index (χ0v) is 13.0. The Bertz CT molecular complexity index is 732. The predicted octanol–water partition coefficient (Wildman–Crippen LogP) is 2.52. The van der Waals surface area contributed by atoms with Crippen LogP contribution in [-0.4, -0.2) is 34.3 Å². The number of carbonyl (C=O) groups is 2. The number of esters is 1. The topological polar surface area (TPSA) is 77.8 Å². The molecule has 0 amide bonds. The molecule has 2 rings (SSSR count). The smallest absolute Gasteiger partial charge is 0.344 e. The lowest BCUT2D eigenvalue weighted by Gasteiger charge is -2.10. The van der Waals surface area contributed by atoms with E-state index in [9.17, 15) is 9.59 Å². The van der Waals surface area contributed by atoms with Crippen LogP contribution in [0.1, 0.15) is 29.9 Å². The fourth-order valence-electron chi connectivity index (χ4n) is 2.34. The summed E-state index contributed by atoms with van der Waals surface area (Å²) in [6, 6.07) is 5.17. The van der Waals surface area contributed by atoms with Crippen LogP contribution in [0.3, 0.4) is 0 Å². The van der Waals surface area contributed by atoms with Crippen molar-refractivity contribution < 1.29 is 24.2 Å². The molecule has 0 saturated carbocycles. The second kappa shape index (κ2) is 6.09. The zero-order chi connectivity index (χ0) is 16.4. The molecule has 1 N–H and O–H groups in total. The monoisotopic (exact) mass is 305 g/mol. The number of carboxylic acid groups (broad SMARTS) is 1. The molecule has 0 saturated heterocycles. The Morgan fingerprint density at radius 2 is 2.05 bits per heavy atom. The van der Waals surface area contributed by atoms with E-state index in [-0.39, 0.29) is 0 Å². The molecule has 0 fully saturated rings. The average Bonchev–Trinajstić information content (AvgIpc) is 2.70. The van der Waals surface area contributed by atoms with Crippen molar-refractivity contribution in [1.29, 1.82) is 0 Å². The highest BCUT2D eigenvalue weighted by molar-refractivity contribution is 6.06. The molecule has 0 aliphatic heterocycles. The van der Waals surface area contributed by atoms with Crippen molar-refractivity contribution in [1.82, 2.24) is 4.57 Å². The standard InChI is InChI=1S/C16H19NO5/c1-5-21-16(20)14-9(2)17(4)13-7-6-11(8-12(13)14)22-10(3)15(18)19/h6-8,10H,5H2,1-4H3,(H,18,19). The molecule has 0 aliphatic rings. The van der Waals surface area contributed by atoms with E-state index in [0.717, 1.165) is 11.2 Å². The molecule has 0 aliphatic carbocycles. The van der Waals surface area contributed by atoms with E-state index in [2.05, 4.69) is 0 Å². The molecule has 2 aromatic rings. The number of nitrogens with zero attached hydrogens (tertiary/aromatic N) is 1. The van der Waals surface area contributed by atoms with Gasteiger partial charge in [0.15, 0.2) is 6.10 Å². The highest BCUT2D eigenvalue weighted by Crippen LogP contribution is 2.29. The molecule has 1 aromatic carbocycles. The van der Waals surface area contributed by atoms with Crippen molar-refractivity contribution >= 4 is 22.8 Å². The predicted molar refractivity (Wildman–Crippen MR) is 81.3 cm³/mol. The number of rotatable bonds is 5. The molecule has 1 aromatic heterocycles. The summed E-state index contributed by atoms with van der Waals surface area (Å²) in [4.78, 5) is 23.0. The van der Waals surface area contributed by atoms with E-state index in [0.29, 0.717) is 23.3 Å². The van der Waals surface area contributed by atoms with Crippen molar-refractivity contribution in [2.24, 2.45) is 7.05 Å². The minimum atomic E-state index is -1.05. The third-order valence-electron chi connectivity index (χ3n) is 3.60. The molecule has 1 heterocycles. The summed E-state index contributed by atoms with van der Waals surface area (Å²) in [5.41, 5.74) is 2.13. The van der Waals surface area contributed by atoms with Crippen LogP contribution < -0.4 is 4.74 Å². The van der Waals surface area contributed by atoms with E-state index in [1.165, 1.54) is 6.92 Å². The Labute approximate surface area is 128 Å². The van der Waals surface area contributed by atoms with E-state index >= 15 is 0 Å². The summed E-state index contributed by atoms with van der Waals surface area (Å²) in [6.45, 7) is 5.34. The van der Waals surface area contributed by atoms with Gasteiger partial charge in [0.25, 0.3) is 0 Å². The summed E-state index contributed by atoms with van der Waals surface area (Å²) in [7, 11) is 1.86. The van der Waals surface area contributed by atoms with E-state index in [4.69, 9.17) is 14.6 Å². The molecule has 22 heavy (non-hydrogen) atoms. The van der Waals surface area contributed by atoms with Crippen molar-refractivity contribution in [3.63, 3.8) is 0 Å². The van der Waals surface area contributed by atoms with Gasteiger partial charge in [-0.1, -0.05) is 0 Å². The Morgan fingerprint density at radius 3 is 2.64 bits per heavy atom. The average molecular weight is 305 g/mol. The van der Waals surface area contributed by atoms with E-state index in [1.54, 1.807) is 25.1 Å². The van der Waals surface area contributed by atoms with Crippen molar-refractivity contribution in [3.05, 3.63) is 29.5 Å². The number of carboxylic acids is 1. The first-order chi connectivity index (χ1) is 10.4. The Hall–Kier alpha value is -2.50. The van der Waals surface area contributed by atoms with Crippen LogP contribution in [0.2, 0.25) is 0 Å². The number of ether oxygens (including phenoxy) is 2. The van der Waals surface area contributed by atoms with Gasteiger partial charge in [-0.25, -0.2) is 9.59 Å². The maximum Gasteiger partial charge on any atom is 0.344 e. The van der Waals surface area contributed by atoms with Crippen LogP contribution >= 0.6 is 0 Å². The summed E-state index contributed by atoms with van der Waals surface area (Å²) < 4.78 is 12.4. The van der Waals surface area contributed by atoms with Crippen LogP contribution in [0, 0.1) is 6.92 Å². The summed E-state index contributed by atoms with van der Waals surface area (Å²) in [6.07, 6.45) is -0.965. The van der Waals surface area contributed by atoms with Crippen LogP contribution in [0.5, 0.6) is 5.75 Å². The normalized spacial score (nSPS) is 12.2. The molecule has 1 unspecified atom stereocenters. The summed E-state index contributed by atoms with van der Waals surface area (Å²) in [5, 5.41) is 9.60. The fraction of sp³-hybridized carbons (Fsp3) is 0.375. The van der Waals surface area contributed by atoms with Gasteiger partial charge >= 0.3 is 11.9 Å². The van der Waals surface area contributed by atoms with Gasteiger partial charge in [-0.2, -0.15) is 0 Å². The van der Waals surface area contributed by atoms with E-state index < -0.39 is 18.0 Å². The minimum Gasteiger partial charge on any atom is -0.479 e. The number of benzene rings is 1. The second-order valence-corrected chi connectivity index (χ2v) is 5.02. The fourth-order valence-corrected chi connectivity index (χ4v) is 2.34. The first kappa shape index (κ1) is 15.9. The first-order valence-corrected chi connectivity index (χ1v) is 7.02. The maximum atomic E-state index is 12.2. The van der Waals surface area contributed by atoms with Crippen LogP contribution in [-0.2, 0) is 16.6 Å². The Morgan fingerprint density at radius 1 is 1.36 bits per heavy atom. The lowest BCUT2D eigenvalue weighted by atomic mass is 10.1. The lowest BCUT2D eigenvalue weighted by molar-refractivity contribution is -0.144. The number of aromatic nitrogens is 1. The van der Waals surface area contributed by atoms with Crippen LogP contribution in [0.4, 0.5) is 0 Å². The zero-order valence-electron chi connectivity index (χ0n) is 13.0. The number of aliphatic carboxylic acids is 1. The van der Waals surface area contributed by atoms with Gasteiger partial charge in [-0.05, 0) is 39.0 Å². The first-order valence-electron chi connectivity index (χ1n) is 7.02. The molecule has 6 nitrogen and oxygen atoms in total. The Kier molecular flexibility index (Phi) is 4.40. The van der Waals surface area contributed by atoms with Gasteiger partial charge in [0.05, 0.1) is 12.2 Å². The van der Waals surface area contributed by atoms with Gasteiger partial charge in [-0.3, -0.25) is 0 Å². The highest BCUT2D eigenvalue weighted by Gasteiger charge is 2.21. The minimum absolute atomic E-state index is 0.293. The number of hydrogen-bond donors (Lipinski definition) is 1. The molecular weight excluding hydrogens is 286 g/mol. The third-order valence-corrected chi connectivity index (χ3v) is 3.60. The summed E-state index contributed by atoms with van der Waals surface area (Å²) in [5.74, 6) is -1.04. The molecule has 118 valence electrons. The number of aryl methyl sites for hydroxylation is 1. The van der Waals surface area contributed by atoms with Crippen LogP contribution in [0.15, 0.2) is 18.2 Å². The lowest BCUT2D eigenvalue weighted by Crippen LogP contribution is -2.22.